The van der Waals surface area contributed by atoms with E-state index in [1.165, 1.54) is 6.42 Å². The minimum absolute atomic E-state index is 0.00136. The molecular formula is C36H51Cl2N3O5. The lowest BCUT2D eigenvalue weighted by Crippen LogP contribution is -2.47. The van der Waals surface area contributed by atoms with Crippen LogP contribution in [0.15, 0.2) is 36.4 Å². The van der Waals surface area contributed by atoms with Crippen molar-refractivity contribution in [1.29, 1.82) is 0 Å². The summed E-state index contributed by atoms with van der Waals surface area (Å²) in [5, 5.41) is 14.4. The van der Waals surface area contributed by atoms with E-state index < -0.39 is 6.04 Å². The quantitative estimate of drug-likeness (QED) is 0.302. The first-order valence-electron chi connectivity index (χ1n) is 16.8. The Morgan fingerprint density at radius 2 is 1.78 bits per heavy atom. The molecule has 1 fully saturated rings. The predicted molar refractivity (Wildman–Crippen MR) is 185 cm³/mol. The van der Waals surface area contributed by atoms with Gasteiger partial charge in [-0.2, -0.15) is 0 Å². The highest BCUT2D eigenvalue weighted by atomic mass is 35.5. The number of halogens is 2. The highest BCUT2D eigenvalue weighted by Crippen LogP contribution is 2.30. The van der Waals surface area contributed by atoms with E-state index in [1.54, 1.807) is 17.0 Å². The number of nitrogens with zero attached hydrogens (tertiary/aromatic N) is 2. The molecule has 1 heterocycles. The van der Waals surface area contributed by atoms with Crippen LogP contribution in [0.25, 0.3) is 0 Å². The van der Waals surface area contributed by atoms with Gasteiger partial charge < -0.3 is 24.8 Å². The maximum absolute atomic E-state index is 14.4. The molecule has 2 aliphatic rings. The molecule has 1 aliphatic carbocycles. The van der Waals surface area contributed by atoms with E-state index in [0.29, 0.717) is 53.3 Å². The number of nitrogens with one attached hydrogen (secondary N) is 1. The third kappa shape index (κ3) is 10.3. The number of hydrogen-bond acceptors (Lipinski definition) is 6. The highest BCUT2D eigenvalue weighted by Gasteiger charge is 2.31. The van der Waals surface area contributed by atoms with E-state index >= 15 is 0 Å². The topological polar surface area (TPSA) is 91.3 Å². The van der Waals surface area contributed by atoms with Gasteiger partial charge in [-0.3, -0.25) is 14.5 Å². The Hall–Kier alpha value is -2.36. The Morgan fingerprint density at radius 1 is 1.04 bits per heavy atom. The van der Waals surface area contributed by atoms with Gasteiger partial charge in [-0.15, -0.1) is 0 Å². The van der Waals surface area contributed by atoms with Crippen molar-refractivity contribution in [2.45, 2.75) is 96.9 Å². The molecule has 254 valence electrons. The first kappa shape index (κ1) is 36.5. The summed E-state index contributed by atoms with van der Waals surface area (Å²) in [7, 11) is 2.04. The van der Waals surface area contributed by atoms with E-state index in [1.807, 2.05) is 45.2 Å². The minimum atomic E-state index is -0.441. The number of ether oxygens (including phenoxy) is 2. The number of carbonyl (C=O) groups is 2. The molecule has 0 spiro atoms. The van der Waals surface area contributed by atoms with E-state index in [0.717, 1.165) is 50.5 Å². The zero-order valence-corrected chi connectivity index (χ0v) is 29.3. The summed E-state index contributed by atoms with van der Waals surface area (Å²) in [6, 6.07) is 10.6. The van der Waals surface area contributed by atoms with E-state index in [-0.39, 0.29) is 42.5 Å². The number of rotatable bonds is 8. The van der Waals surface area contributed by atoms with Gasteiger partial charge in [0.05, 0.1) is 40.5 Å². The van der Waals surface area contributed by atoms with Gasteiger partial charge in [-0.05, 0) is 88.9 Å². The third-order valence-electron chi connectivity index (χ3n) is 9.22. The van der Waals surface area contributed by atoms with Crippen LogP contribution in [0.4, 0.5) is 5.69 Å². The summed E-state index contributed by atoms with van der Waals surface area (Å²) in [4.78, 5) is 31.4. The van der Waals surface area contributed by atoms with Crippen molar-refractivity contribution < 1.29 is 24.2 Å². The molecule has 0 unspecified atom stereocenters. The number of benzene rings is 2. The number of carbonyl (C=O) groups excluding carboxylic acids is 2. The van der Waals surface area contributed by atoms with Crippen LogP contribution in [0.3, 0.4) is 0 Å². The average molecular weight is 677 g/mol. The zero-order valence-electron chi connectivity index (χ0n) is 27.8. The highest BCUT2D eigenvalue weighted by molar-refractivity contribution is 6.42. The summed E-state index contributed by atoms with van der Waals surface area (Å²) in [5.41, 5.74) is 2.01. The number of hydrogen-bond donors (Lipinski definition) is 2. The van der Waals surface area contributed by atoms with Crippen molar-refractivity contribution in [3.05, 3.63) is 57.6 Å². The number of anilines is 1. The molecule has 1 saturated carbocycles. The number of aliphatic hydroxyl groups is 1. The Balaban J connectivity index is 1.58. The van der Waals surface area contributed by atoms with Gasteiger partial charge in [0.15, 0.2) is 0 Å². The Bertz CT molecular complexity index is 1300. The predicted octanol–water partition coefficient (Wildman–Crippen LogP) is 7.44. The van der Waals surface area contributed by atoms with Gasteiger partial charge in [0, 0.05) is 43.8 Å². The molecule has 2 aromatic carbocycles. The second-order valence-corrected chi connectivity index (χ2v) is 14.1. The minimum Gasteiger partial charge on any atom is -0.490 e. The normalized spacial score (nSPS) is 22.9. The maximum atomic E-state index is 14.4. The second kappa shape index (κ2) is 17.7. The fourth-order valence-corrected chi connectivity index (χ4v) is 6.71. The van der Waals surface area contributed by atoms with E-state index in [4.69, 9.17) is 32.7 Å². The first-order valence-corrected chi connectivity index (χ1v) is 17.6. The number of fused-ring (bicyclic) bond motifs is 1. The molecule has 4 rings (SSSR count). The van der Waals surface area contributed by atoms with Crippen molar-refractivity contribution in [1.82, 2.24) is 9.80 Å². The molecule has 1 aliphatic heterocycles. The first-order chi connectivity index (χ1) is 22.0. The van der Waals surface area contributed by atoms with Gasteiger partial charge in [0.25, 0.3) is 5.91 Å². The molecule has 0 radical (unpaired) electrons. The molecule has 10 heteroatoms. The summed E-state index contributed by atoms with van der Waals surface area (Å²) in [6.45, 7) is 8.04. The SMILES string of the molecule is C[C@@H]1CCCCO[C@H](CN(C)Cc2ccc(Cl)c(Cl)c2)[C@@H](C)CN([C@@H](C)CO)C(=O)c2cc(NC(=O)C3CCCCC3)ccc2O1. The molecule has 0 bridgehead atoms. The monoisotopic (exact) mass is 675 g/mol. The van der Waals surface area contributed by atoms with Gasteiger partial charge >= 0.3 is 0 Å². The van der Waals surface area contributed by atoms with Crippen molar-refractivity contribution in [2.24, 2.45) is 11.8 Å². The Morgan fingerprint density at radius 3 is 2.50 bits per heavy atom. The van der Waals surface area contributed by atoms with Crippen LogP contribution in [0.1, 0.15) is 88.1 Å². The zero-order chi connectivity index (χ0) is 33.2. The summed E-state index contributed by atoms with van der Waals surface area (Å²) in [5.74, 6) is 0.190. The standard InChI is InChI=1S/C36H51Cl2N3O5/c1-24-20-41(25(2)23-42)36(44)30-19-29(39-35(43)28-11-6-5-7-12-28)14-16-33(30)46-26(3)10-8-9-17-45-34(24)22-40(4)21-27-13-15-31(37)32(38)18-27/h13-16,18-19,24-26,28,34,42H,5-12,17,20-23H2,1-4H3,(H,39,43)/t24-,25-,26+,34+/m0/s1. The van der Waals surface area contributed by atoms with E-state index in [9.17, 15) is 14.7 Å². The summed E-state index contributed by atoms with van der Waals surface area (Å²) in [6.07, 6.45) is 7.43. The molecule has 46 heavy (non-hydrogen) atoms. The van der Waals surface area contributed by atoms with Crippen LogP contribution >= 0.6 is 23.2 Å². The van der Waals surface area contributed by atoms with Crippen LogP contribution in [-0.4, -0.2) is 78.3 Å². The second-order valence-electron chi connectivity index (χ2n) is 13.3. The lowest BCUT2D eigenvalue weighted by atomic mass is 9.88. The lowest BCUT2D eigenvalue weighted by Gasteiger charge is -2.36. The van der Waals surface area contributed by atoms with Gasteiger partial charge in [-0.1, -0.05) is 55.5 Å². The van der Waals surface area contributed by atoms with Crippen LogP contribution in [0.2, 0.25) is 10.0 Å². The van der Waals surface area contributed by atoms with Gasteiger partial charge in [0.1, 0.15) is 5.75 Å². The summed E-state index contributed by atoms with van der Waals surface area (Å²) >= 11 is 12.4. The van der Waals surface area contributed by atoms with Crippen LogP contribution < -0.4 is 10.1 Å². The van der Waals surface area contributed by atoms with Crippen molar-refractivity contribution in [3.63, 3.8) is 0 Å². The number of aliphatic hydroxyl groups excluding tert-OH is 1. The van der Waals surface area contributed by atoms with Crippen molar-refractivity contribution in [3.8, 4) is 5.75 Å². The molecule has 2 N–H and O–H groups in total. The largest absolute Gasteiger partial charge is 0.490 e. The fraction of sp³-hybridized carbons (Fsp3) is 0.611. The fourth-order valence-electron chi connectivity index (χ4n) is 6.39. The summed E-state index contributed by atoms with van der Waals surface area (Å²) < 4.78 is 12.8. The molecule has 0 saturated heterocycles. The van der Waals surface area contributed by atoms with E-state index in [2.05, 4.69) is 17.1 Å². The van der Waals surface area contributed by atoms with Gasteiger partial charge in [-0.25, -0.2) is 0 Å². The maximum Gasteiger partial charge on any atom is 0.258 e. The molecule has 2 amide bonds. The molecule has 2 aromatic rings. The molecule has 4 atom stereocenters. The number of amides is 2. The Labute approximate surface area is 284 Å². The molecular weight excluding hydrogens is 625 g/mol. The third-order valence-corrected chi connectivity index (χ3v) is 9.96. The van der Waals surface area contributed by atoms with Crippen molar-refractivity contribution in [2.75, 3.05) is 38.7 Å². The Kier molecular flexibility index (Phi) is 14.0. The molecule has 0 aromatic heterocycles. The van der Waals surface area contributed by atoms with Crippen molar-refractivity contribution >= 4 is 40.7 Å². The van der Waals surface area contributed by atoms with Crippen LogP contribution in [0.5, 0.6) is 5.75 Å². The van der Waals surface area contributed by atoms with Crippen LogP contribution in [-0.2, 0) is 16.1 Å². The lowest BCUT2D eigenvalue weighted by molar-refractivity contribution is -0.120. The van der Waals surface area contributed by atoms with Gasteiger partial charge in [0.2, 0.25) is 5.91 Å². The number of likely N-dealkylation sites (N-methyl/N-ethyl adjacent to an activating group) is 1. The smallest absolute Gasteiger partial charge is 0.258 e. The average Bonchev–Trinajstić information content (AvgIpc) is 3.04. The van der Waals surface area contributed by atoms with Crippen LogP contribution in [0, 0.1) is 11.8 Å². The molecule has 8 nitrogen and oxygen atoms in total.